The first kappa shape index (κ1) is 12.6. The Kier molecular flexibility index (Phi) is 3.48. The summed E-state index contributed by atoms with van der Waals surface area (Å²) in [5, 5.41) is 3.51. The van der Waals surface area contributed by atoms with Crippen molar-refractivity contribution in [2.45, 2.75) is 32.3 Å². The Morgan fingerprint density at radius 1 is 1.58 bits per heavy atom. The van der Waals surface area contributed by atoms with Gasteiger partial charge in [0.05, 0.1) is 10.2 Å². The first-order valence-electron chi connectivity index (χ1n) is 6.58. The van der Waals surface area contributed by atoms with E-state index in [4.69, 9.17) is 4.74 Å². The maximum absolute atomic E-state index is 11.9. The van der Waals surface area contributed by atoms with Crippen LogP contribution in [0.4, 0.5) is 5.13 Å². The lowest BCUT2D eigenvalue weighted by Gasteiger charge is -2.07. The highest BCUT2D eigenvalue weighted by Crippen LogP contribution is 2.27. The number of benzene rings is 1. The molecule has 1 unspecified atom stereocenters. The summed E-state index contributed by atoms with van der Waals surface area (Å²) in [5.41, 5.74) is 2.22. The Morgan fingerprint density at radius 3 is 3.21 bits per heavy atom. The molecule has 0 spiro atoms. The van der Waals surface area contributed by atoms with Gasteiger partial charge in [-0.1, -0.05) is 24.3 Å². The van der Waals surface area contributed by atoms with Crippen molar-refractivity contribution >= 4 is 32.6 Å². The summed E-state index contributed by atoms with van der Waals surface area (Å²) in [6.07, 6.45) is 2.46. The molecule has 2 aromatic rings. The van der Waals surface area contributed by atoms with Crippen molar-refractivity contribution in [3.8, 4) is 0 Å². The molecule has 0 aliphatic carbocycles. The van der Waals surface area contributed by atoms with Crippen LogP contribution in [0.3, 0.4) is 0 Å². The number of aryl methyl sites for hydroxylation is 1. The lowest BCUT2D eigenvalue weighted by Crippen LogP contribution is -2.26. The van der Waals surface area contributed by atoms with Crippen molar-refractivity contribution in [3.63, 3.8) is 0 Å². The van der Waals surface area contributed by atoms with E-state index in [1.165, 1.54) is 16.9 Å². The van der Waals surface area contributed by atoms with Crippen molar-refractivity contribution in [1.29, 1.82) is 0 Å². The number of anilines is 1. The third kappa shape index (κ3) is 2.62. The molecule has 1 atom stereocenters. The normalized spacial score (nSPS) is 18.9. The lowest BCUT2D eigenvalue weighted by atomic mass is 10.2. The van der Waals surface area contributed by atoms with E-state index in [1.54, 1.807) is 0 Å². The predicted molar refractivity (Wildman–Crippen MR) is 76.6 cm³/mol. The zero-order valence-electron chi connectivity index (χ0n) is 10.8. The van der Waals surface area contributed by atoms with Crippen molar-refractivity contribution in [2.24, 2.45) is 0 Å². The Hall–Kier alpha value is -1.46. The van der Waals surface area contributed by atoms with Gasteiger partial charge >= 0.3 is 0 Å². The highest BCUT2D eigenvalue weighted by atomic mass is 32.1. The lowest BCUT2D eigenvalue weighted by molar-refractivity contribution is -0.124. The average molecular weight is 276 g/mol. The number of hydrogen-bond acceptors (Lipinski definition) is 4. The number of fused-ring (bicyclic) bond motifs is 1. The van der Waals surface area contributed by atoms with E-state index < -0.39 is 0 Å². The molecule has 1 aliphatic heterocycles. The van der Waals surface area contributed by atoms with Gasteiger partial charge in [0.25, 0.3) is 5.91 Å². The monoisotopic (exact) mass is 276 g/mol. The van der Waals surface area contributed by atoms with Crippen molar-refractivity contribution in [3.05, 3.63) is 23.8 Å². The number of nitrogens with one attached hydrogen (secondary N) is 1. The zero-order chi connectivity index (χ0) is 13.2. The second kappa shape index (κ2) is 5.27. The van der Waals surface area contributed by atoms with Gasteiger partial charge in [-0.2, -0.15) is 0 Å². The molecule has 1 aromatic heterocycles. The third-order valence-corrected chi connectivity index (χ3v) is 4.25. The van der Waals surface area contributed by atoms with Gasteiger partial charge in [0.2, 0.25) is 0 Å². The first-order valence-corrected chi connectivity index (χ1v) is 7.40. The molecule has 1 fully saturated rings. The summed E-state index contributed by atoms with van der Waals surface area (Å²) < 4.78 is 6.48. The Balaban J connectivity index is 1.79. The molecule has 4 nitrogen and oxygen atoms in total. The number of carbonyl (C=O) groups excluding carboxylic acids is 1. The van der Waals surface area contributed by atoms with E-state index in [2.05, 4.69) is 29.4 Å². The topological polar surface area (TPSA) is 51.2 Å². The molecule has 1 amide bonds. The van der Waals surface area contributed by atoms with Crippen LogP contribution in [0, 0.1) is 0 Å². The minimum atomic E-state index is -0.307. The van der Waals surface area contributed by atoms with Crippen molar-refractivity contribution < 1.29 is 9.53 Å². The maximum atomic E-state index is 11.9. The van der Waals surface area contributed by atoms with Crippen molar-refractivity contribution in [1.82, 2.24) is 4.98 Å². The number of hydrogen-bond donors (Lipinski definition) is 1. The molecule has 5 heteroatoms. The standard InChI is InChI=1S/C14H16N2O2S/c1-2-9-5-6-10-12(8-9)19-14(15-10)16-13(17)11-4-3-7-18-11/h5-6,8,11H,2-4,7H2,1H3,(H,15,16,17). The summed E-state index contributed by atoms with van der Waals surface area (Å²) in [4.78, 5) is 16.4. The number of rotatable bonds is 3. The number of thiazole rings is 1. The molecule has 19 heavy (non-hydrogen) atoms. The van der Waals surface area contributed by atoms with Crippen LogP contribution in [0.2, 0.25) is 0 Å². The molecular formula is C14H16N2O2S. The number of ether oxygens (including phenoxy) is 1. The Morgan fingerprint density at radius 2 is 2.47 bits per heavy atom. The van der Waals surface area contributed by atoms with E-state index in [0.29, 0.717) is 11.7 Å². The van der Waals surface area contributed by atoms with E-state index in [-0.39, 0.29) is 12.0 Å². The Labute approximate surface area is 115 Å². The second-order valence-electron chi connectivity index (χ2n) is 4.67. The van der Waals surface area contributed by atoms with Gasteiger partial charge in [-0.05, 0) is 37.0 Å². The highest BCUT2D eigenvalue weighted by Gasteiger charge is 2.24. The minimum absolute atomic E-state index is 0.0766. The molecule has 3 rings (SSSR count). The van der Waals surface area contributed by atoms with Gasteiger partial charge in [0.1, 0.15) is 6.10 Å². The van der Waals surface area contributed by atoms with Crippen LogP contribution in [0.15, 0.2) is 18.2 Å². The van der Waals surface area contributed by atoms with Crippen LogP contribution in [-0.2, 0) is 16.0 Å². The summed E-state index contributed by atoms with van der Waals surface area (Å²) in [6, 6.07) is 6.22. The smallest absolute Gasteiger partial charge is 0.255 e. The molecular weight excluding hydrogens is 260 g/mol. The molecule has 1 N–H and O–H groups in total. The Bertz CT molecular complexity index is 603. The maximum Gasteiger partial charge on any atom is 0.255 e. The van der Waals surface area contributed by atoms with Gasteiger partial charge in [0.15, 0.2) is 5.13 Å². The van der Waals surface area contributed by atoms with E-state index in [1.807, 2.05) is 6.07 Å². The van der Waals surface area contributed by atoms with E-state index in [9.17, 15) is 4.79 Å². The van der Waals surface area contributed by atoms with Crippen LogP contribution < -0.4 is 5.32 Å². The molecule has 1 saturated heterocycles. The summed E-state index contributed by atoms with van der Waals surface area (Å²) in [6.45, 7) is 2.81. The molecule has 0 saturated carbocycles. The molecule has 0 radical (unpaired) electrons. The summed E-state index contributed by atoms with van der Waals surface area (Å²) in [7, 11) is 0. The first-order chi connectivity index (χ1) is 9.26. The largest absolute Gasteiger partial charge is 0.368 e. The number of aromatic nitrogens is 1. The molecule has 2 heterocycles. The van der Waals surface area contributed by atoms with Gasteiger partial charge < -0.3 is 4.74 Å². The molecule has 0 bridgehead atoms. The summed E-state index contributed by atoms with van der Waals surface area (Å²) in [5.74, 6) is -0.0766. The summed E-state index contributed by atoms with van der Waals surface area (Å²) >= 11 is 1.52. The van der Waals surface area contributed by atoms with Crippen LogP contribution in [0.1, 0.15) is 25.3 Å². The second-order valence-corrected chi connectivity index (χ2v) is 5.70. The van der Waals surface area contributed by atoms with Crippen LogP contribution >= 0.6 is 11.3 Å². The van der Waals surface area contributed by atoms with Crippen LogP contribution in [0.5, 0.6) is 0 Å². The fourth-order valence-corrected chi connectivity index (χ4v) is 3.15. The van der Waals surface area contributed by atoms with E-state index in [0.717, 1.165) is 29.5 Å². The van der Waals surface area contributed by atoms with Crippen molar-refractivity contribution in [2.75, 3.05) is 11.9 Å². The van der Waals surface area contributed by atoms with Gasteiger partial charge in [0, 0.05) is 6.61 Å². The molecule has 1 aromatic carbocycles. The van der Waals surface area contributed by atoms with Gasteiger partial charge in [-0.15, -0.1) is 0 Å². The van der Waals surface area contributed by atoms with Gasteiger partial charge in [-0.25, -0.2) is 4.98 Å². The molecule has 1 aliphatic rings. The van der Waals surface area contributed by atoms with Crippen LogP contribution in [0.25, 0.3) is 10.2 Å². The minimum Gasteiger partial charge on any atom is -0.368 e. The van der Waals surface area contributed by atoms with E-state index >= 15 is 0 Å². The zero-order valence-corrected chi connectivity index (χ0v) is 11.6. The molecule has 100 valence electrons. The van der Waals surface area contributed by atoms with Gasteiger partial charge in [-0.3, -0.25) is 10.1 Å². The SMILES string of the molecule is CCc1ccc2nc(NC(=O)C3CCCO3)sc2c1. The number of nitrogens with zero attached hydrogens (tertiary/aromatic N) is 1. The quantitative estimate of drug-likeness (QED) is 0.937. The number of amides is 1. The third-order valence-electron chi connectivity index (χ3n) is 3.31. The number of carbonyl (C=O) groups is 1. The predicted octanol–water partition coefficient (Wildman–Crippen LogP) is 2.98. The fourth-order valence-electron chi connectivity index (χ4n) is 2.21. The average Bonchev–Trinajstić information content (AvgIpc) is 3.06. The van der Waals surface area contributed by atoms with Crippen LogP contribution in [-0.4, -0.2) is 23.6 Å². The highest BCUT2D eigenvalue weighted by molar-refractivity contribution is 7.22. The fraction of sp³-hybridized carbons (Fsp3) is 0.429.